The molecule has 0 amide bonds. The fourth-order valence-electron chi connectivity index (χ4n) is 7.09. The van der Waals surface area contributed by atoms with Crippen LogP contribution in [0.15, 0.2) is 178 Å². The Bertz CT molecular complexity index is 3000. The summed E-state index contributed by atoms with van der Waals surface area (Å²) >= 11 is 0. The lowest BCUT2D eigenvalue weighted by molar-refractivity contribution is -0.218. The van der Waals surface area contributed by atoms with E-state index in [4.69, 9.17) is 29.0 Å². The largest absolute Gasteiger partial charge is 0.507 e. The molecular weight excluding hydrogens is 865 g/mol. The molecule has 0 atom stereocenters. The van der Waals surface area contributed by atoms with Gasteiger partial charge >= 0.3 is 11.9 Å². The smallest absolute Gasteiger partial charge is 0.341 e. The fraction of sp³-hybridized carbons (Fsp3) is 0.0741. The van der Waals surface area contributed by atoms with Crippen molar-refractivity contribution in [1.82, 2.24) is 0 Å². The zero-order valence-corrected chi connectivity index (χ0v) is 36.7. The number of hydrogen-bond donors (Lipinski definition) is 2. The van der Waals surface area contributed by atoms with Gasteiger partial charge in [0.2, 0.25) is 0 Å². The summed E-state index contributed by atoms with van der Waals surface area (Å²) in [4.78, 5) is 47.8. The third-order valence-corrected chi connectivity index (χ3v) is 10.6. The molecule has 0 aliphatic carbocycles. The summed E-state index contributed by atoms with van der Waals surface area (Å²) < 4.78 is 9.41. The zero-order valence-electron chi connectivity index (χ0n) is 36.7. The van der Waals surface area contributed by atoms with Crippen LogP contribution < -0.4 is 9.78 Å². The Hall–Kier alpha value is -8.98. The summed E-state index contributed by atoms with van der Waals surface area (Å²) in [5.41, 5.74) is 6.04. The lowest BCUT2D eigenvalue weighted by Gasteiger charge is -2.18. The highest BCUT2D eigenvalue weighted by Crippen LogP contribution is 2.45. The minimum Gasteiger partial charge on any atom is -0.507 e. The molecular formula is C54H42N4O10. The highest BCUT2D eigenvalue weighted by Gasteiger charge is 2.21. The van der Waals surface area contributed by atoms with Crippen molar-refractivity contribution in [3.63, 3.8) is 0 Å². The van der Waals surface area contributed by atoms with Crippen molar-refractivity contribution >= 4 is 58.3 Å². The van der Waals surface area contributed by atoms with E-state index in [1.165, 1.54) is 50.9 Å². The highest BCUT2D eigenvalue weighted by atomic mass is 17.2. The Kier molecular flexibility index (Phi) is 14.6. The van der Waals surface area contributed by atoms with Crippen LogP contribution in [0.2, 0.25) is 0 Å². The van der Waals surface area contributed by atoms with Crippen molar-refractivity contribution in [2.45, 2.75) is 13.2 Å². The van der Waals surface area contributed by atoms with Gasteiger partial charge < -0.3 is 29.5 Å². The molecule has 2 N–H and O–H groups in total. The van der Waals surface area contributed by atoms with Gasteiger partial charge in [-0.1, -0.05) is 109 Å². The van der Waals surface area contributed by atoms with E-state index in [9.17, 15) is 19.8 Å². The number of esters is 2. The normalized spacial score (nSPS) is 11.6. The first-order chi connectivity index (χ1) is 33.3. The number of carbonyl (C=O) groups excluding carboxylic acids is 2. The van der Waals surface area contributed by atoms with Gasteiger partial charge in [0, 0.05) is 11.1 Å². The van der Waals surface area contributed by atoms with Crippen molar-refractivity contribution in [3.05, 3.63) is 202 Å². The number of ether oxygens (including phenoxy) is 2. The molecule has 8 aromatic carbocycles. The molecule has 0 aromatic heterocycles. The molecule has 0 radical (unpaired) electrons. The van der Waals surface area contributed by atoms with E-state index in [0.29, 0.717) is 22.6 Å². The van der Waals surface area contributed by atoms with Gasteiger partial charge in [-0.3, -0.25) is 0 Å². The van der Waals surface area contributed by atoms with Gasteiger partial charge in [-0.25, -0.2) is 9.59 Å². The summed E-state index contributed by atoms with van der Waals surface area (Å²) in [7, 11) is 2.49. The molecule has 0 saturated heterocycles. The molecule has 0 saturated carbocycles. The van der Waals surface area contributed by atoms with E-state index in [1.807, 2.05) is 121 Å². The molecule has 0 fully saturated rings. The van der Waals surface area contributed by atoms with Crippen LogP contribution in [0.5, 0.6) is 23.0 Å². The molecule has 8 aromatic rings. The topological polar surface area (TPSA) is 179 Å². The molecule has 0 aliphatic heterocycles. The maximum Gasteiger partial charge on any atom is 0.341 e. The number of methoxy groups -OCH3 is 2. The number of phenols is 2. The van der Waals surface area contributed by atoms with Crippen molar-refractivity contribution in [2.75, 3.05) is 14.2 Å². The minimum atomic E-state index is -0.651. The minimum absolute atomic E-state index is 0.0363. The van der Waals surface area contributed by atoms with Gasteiger partial charge in [0.25, 0.3) is 0 Å². The van der Waals surface area contributed by atoms with Crippen molar-refractivity contribution in [1.29, 1.82) is 0 Å². The van der Waals surface area contributed by atoms with Gasteiger partial charge in [0.05, 0.1) is 39.1 Å². The summed E-state index contributed by atoms with van der Waals surface area (Å²) in [6, 6.07) is 47.8. The number of hydrogen-bond acceptors (Lipinski definition) is 14. The molecule has 338 valence electrons. The predicted octanol–water partition coefficient (Wildman–Crippen LogP) is 10.6. The van der Waals surface area contributed by atoms with Gasteiger partial charge in [0.15, 0.2) is 11.5 Å². The van der Waals surface area contributed by atoms with E-state index in [-0.39, 0.29) is 35.8 Å². The third-order valence-electron chi connectivity index (χ3n) is 10.6. The van der Waals surface area contributed by atoms with Crippen molar-refractivity contribution in [3.8, 4) is 34.1 Å². The summed E-state index contributed by atoms with van der Waals surface area (Å²) in [6.07, 6.45) is 6.12. The highest BCUT2D eigenvalue weighted by molar-refractivity contribution is 6.09. The molecule has 0 bridgehead atoms. The van der Waals surface area contributed by atoms with Crippen LogP contribution in [0.25, 0.3) is 32.7 Å². The first kappa shape index (κ1) is 45.6. The number of aromatic hydroxyl groups is 2. The quantitative estimate of drug-likeness (QED) is 0.0386. The first-order valence-electron chi connectivity index (χ1n) is 21.0. The Balaban J connectivity index is 0.937. The van der Waals surface area contributed by atoms with Crippen LogP contribution >= 0.6 is 0 Å². The monoisotopic (exact) mass is 906 g/mol. The Morgan fingerprint density at radius 3 is 1.22 bits per heavy atom. The number of fused-ring (bicyclic) bond motifs is 2. The second-order valence-electron chi connectivity index (χ2n) is 15.0. The number of benzene rings is 8. The van der Waals surface area contributed by atoms with Gasteiger partial charge in [-0.15, -0.1) is 0 Å². The molecule has 14 nitrogen and oxygen atoms in total. The SMILES string of the molecule is COC(=O)c1cc(C=NN=Cc2ccc(COOc3ccc4ccccc4c3-c3c(OOCc4ccc(C=NN=Cc5ccc(O)c(C(=O)OC)c5)cc4)ccc4ccccc34)cc2)ccc1O. The van der Waals surface area contributed by atoms with Crippen molar-refractivity contribution in [2.24, 2.45) is 20.4 Å². The second-order valence-corrected chi connectivity index (χ2v) is 15.0. The lowest BCUT2D eigenvalue weighted by Crippen LogP contribution is -2.03. The number of rotatable bonds is 17. The lowest BCUT2D eigenvalue weighted by atomic mass is 9.92. The Morgan fingerprint density at radius 1 is 0.456 bits per heavy atom. The molecule has 8 rings (SSSR count). The summed E-state index contributed by atoms with van der Waals surface area (Å²) in [5.74, 6) is -0.705. The van der Waals surface area contributed by atoms with E-state index in [1.54, 1.807) is 24.6 Å². The molecule has 0 heterocycles. The summed E-state index contributed by atoms with van der Waals surface area (Å²) in [6.45, 7) is 0.286. The van der Waals surface area contributed by atoms with E-state index >= 15 is 0 Å². The van der Waals surface area contributed by atoms with Crippen LogP contribution in [0.1, 0.15) is 54.1 Å². The predicted molar refractivity (Wildman–Crippen MR) is 260 cm³/mol. The second kappa shape index (κ2) is 21.8. The van der Waals surface area contributed by atoms with Crippen LogP contribution in [0.4, 0.5) is 0 Å². The maximum absolute atomic E-state index is 11.9. The van der Waals surface area contributed by atoms with Gasteiger partial charge in [-0.05, 0) is 103 Å². The van der Waals surface area contributed by atoms with Crippen LogP contribution in [0, 0.1) is 0 Å². The zero-order chi connectivity index (χ0) is 47.2. The van der Waals surface area contributed by atoms with Gasteiger partial charge in [0.1, 0.15) is 35.8 Å². The average molecular weight is 907 g/mol. The molecule has 0 spiro atoms. The number of phenolic OH excluding ortho intramolecular Hbond substituents is 2. The molecule has 0 aliphatic rings. The molecule has 14 heteroatoms. The maximum atomic E-state index is 11.9. The third kappa shape index (κ3) is 11.1. The van der Waals surface area contributed by atoms with E-state index in [2.05, 4.69) is 20.4 Å². The molecule has 0 unspecified atom stereocenters. The summed E-state index contributed by atoms with van der Waals surface area (Å²) in [5, 5.41) is 40.1. The van der Waals surface area contributed by atoms with E-state index in [0.717, 1.165) is 54.9 Å². The van der Waals surface area contributed by atoms with Crippen LogP contribution in [-0.2, 0) is 32.5 Å². The van der Waals surface area contributed by atoms with Crippen LogP contribution in [-0.4, -0.2) is 61.2 Å². The van der Waals surface area contributed by atoms with Gasteiger partial charge in [-0.2, -0.15) is 30.2 Å². The standard InChI is InChI=1S/C54H42N4O10/c1-63-53(61)45-27-39(19-23-47(45)59)31-57-55-29-35-11-15-37(16-12-35)33-65-67-49-25-21-41-7-3-5-9-43(41)51(49)52-44-10-6-4-8-42(44)22-26-50(52)68-66-34-38-17-13-36(14-18-38)30-56-58-32-40-20-24-48(60)46(28-40)54(62)64-2/h3-32,59-60H,33-34H2,1-2H3. The average Bonchev–Trinajstić information content (AvgIpc) is 3.37. The fourth-order valence-corrected chi connectivity index (χ4v) is 7.09. The Morgan fingerprint density at radius 2 is 0.824 bits per heavy atom. The number of carbonyl (C=O) groups is 2. The van der Waals surface area contributed by atoms with Crippen LogP contribution in [0.3, 0.4) is 0 Å². The van der Waals surface area contributed by atoms with E-state index < -0.39 is 11.9 Å². The first-order valence-corrected chi connectivity index (χ1v) is 21.0. The Labute approximate surface area is 390 Å². The number of nitrogens with zero attached hydrogens (tertiary/aromatic N) is 4. The molecule has 68 heavy (non-hydrogen) atoms. The van der Waals surface area contributed by atoms with Crippen molar-refractivity contribution < 1.29 is 48.8 Å².